The highest BCUT2D eigenvalue weighted by atomic mass is 79.9. The van der Waals surface area contributed by atoms with Crippen LogP contribution in [-0.2, 0) is 4.79 Å². The van der Waals surface area contributed by atoms with E-state index in [1.165, 1.54) is 19.3 Å². The molecule has 0 spiro atoms. The van der Waals surface area contributed by atoms with Crippen LogP contribution in [0.1, 0.15) is 39.5 Å². The van der Waals surface area contributed by atoms with E-state index in [1.807, 2.05) is 0 Å². The molecule has 1 amide bonds. The summed E-state index contributed by atoms with van der Waals surface area (Å²) >= 11 is 3.56. The van der Waals surface area contributed by atoms with Crippen molar-refractivity contribution in [3.8, 4) is 0 Å². The van der Waals surface area contributed by atoms with E-state index < -0.39 is 0 Å². The fraction of sp³-hybridized carbons (Fsp3) is 0.917. The van der Waals surface area contributed by atoms with E-state index in [-0.39, 0.29) is 0 Å². The first-order valence-corrected chi connectivity index (χ1v) is 6.94. The molecule has 1 aliphatic heterocycles. The van der Waals surface area contributed by atoms with E-state index in [4.69, 9.17) is 0 Å². The molecule has 86 valence electrons. The Morgan fingerprint density at radius 2 is 2.07 bits per heavy atom. The van der Waals surface area contributed by atoms with E-state index in [0.717, 1.165) is 12.5 Å². The average Bonchev–Trinajstić information content (AvgIpc) is 2.50. The van der Waals surface area contributed by atoms with Gasteiger partial charge in [0.2, 0.25) is 5.91 Å². The van der Waals surface area contributed by atoms with Crippen LogP contribution < -0.4 is 0 Å². The molecule has 2 aliphatic rings. The molecule has 0 bridgehead atoms. The molecular formula is C12H20BrNO. The Balaban J connectivity index is 2.06. The van der Waals surface area contributed by atoms with Crippen LogP contribution in [0.25, 0.3) is 0 Å². The summed E-state index contributed by atoms with van der Waals surface area (Å²) in [5.41, 5.74) is 0. The number of carbonyl (C=O) groups is 1. The highest BCUT2D eigenvalue weighted by Crippen LogP contribution is 2.35. The first-order chi connectivity index (χ1) is 7.09. The third-order valence-corrected chi connectivity index (χ3v) is 4.79. The van der Waals surface area contributed by atoms with Gasteiger partial charge in [0.05, 0.1) is 0 Å². The van der Waals surface area contributed by atoms with Crippen molar-refractivity contribution in [3.63, 3.8) is 0 Å². The van der Waals surface area contributed by atoms with Crippen molar-refractivity contribution in [2.45, 2.75) is 50.4 Å². The number of hydrogen-bond acceptors (Lipinski definition) is 1. The van der Waals surface area contributed by atoms with Gasteiger partial charge in [-0.3, -0.25) is 4.79 Å². The zero-order valence-corrected chi connectivity index (χ0v) is 11.2. The number of carbonyl (C=O) groups excluding carboxylic acids is 1. The minimum atomic E-state index is 0.350. The lowest BCUT2D eigenvalue weighted by atomic mass is 9.77. The zero-order chi connectivity index (χ0) is 11.0. The number of hydrogen-bond donors (Lipinski definition) is 0. The predicted octanol–water partition coefficient (Wildman–Crippen LogP) is 2.81. The second-order valence-electron chi connectivity index (χ2n) is 5.18. The molecule has 4 unspecified atom stereocenters. The van der Waals surface area contributed by atoms with E-state index in [0.29, 0.717) is 29.1 Å². The van der Waals surface area contributed by atoms with Gasteiger partial charge in [0.25, 0.3) is 0 Å². The number of amides is 1. The molecule has 15 heavy (non-hydrogen) atoms. The Hall–Kier alpha value is -0.0500. The number of halogens is 1. The summed E-state index contributed by atoms with van der Waals surface area (Å²) in [6.45, 7) is 5.55. The smallest absolute Gasteiger partial charge is 0.224 e. The van der Waals surface area contributed by atoms with E-state index >= 15 is 0 Å². The molecule has 0 aromatic rings. The maximum absolute atomic E-state index is 11.8. The Morgan fingerprint density at radius 3 is 2.67 bits per heavy atom. The molecule has 1 saturated heterocycles. The molecule has 1 saturated carbocycles. The van der Waals surface area contributed by atoms with Crippen molar-refractivity contribution >= 4 is 21.8 Å². The van der Waals surface area contributed by atoms with Gasteiger partial charge in [0, 0.05) is 23.8 Å². The number of likely N-dealkylation sites (tertiary alicyclic amines) is 1. The quantitative estimate of drug-likeness (QED) is 0.673. The van der Waals surface area contributed by atoms with E-state index in [9.17, 15) is 4.79 Å². The van der Waals surface area contributed by atoms with Crippen LogP contribution in [0, 0.1) is 11.8 Å². The lowest BCUT2D eigenvalue weighted by molar-refractivity contribution is -0.131. The summed E-state index contributed by atoms with van der Waals surface area (Å²) in [7, 11) is 0. The second kappa shape index (κ2) is 4.44. The predicted molar refractivity (Wildman–Crippen MR) is 65.0 cm³/mol. The fourth-order valence-electron chi connectivity index (χ4n) is 3.00. The van der Waals surface area contributed by atoms with Crippen molar-refractivity contribution in [2.75, 3.05) is 6.54 Å². The van der Waals surface area contributed by atoms with Crippen LogP contribution in [0.2, 0.25) is 0 Å². The summed E-state index contributed by atoms with van der Waals surface area (Å²) in [5.74, 6) is 1.79. The standard InChI is InChI=1S/C12H20BrNO/c1-8-4-3-5-11(9(8)2)14-7-10(13)6-12(14)15/h8-11H,3-7H2,1-2H3. The Kier molecular flexibility index (Phi) is 3.39. The van der Waals surface area contributed by atoms with E-state index in [2.05, 4.69) is 34.7 Å². The molecule has 2 rings (SSSR count). The summed E-state index contributed by atoms with van der Waals surface area (Å²) in [4.78, 5) is 14.3. The number of nitrogens with zero attached hydrogens (tertiary/aromatic N) is 1. The first-order valence-electron chi connectivity index (χ1n) is 6.03. The van der Waals surface area contributed by atoms with Gasteiger partial charge >= 0.3 is 0 Å². The van der Waals surface area contributed by atoms with Crippen LogP contribution >= 0.6 is 15.9 Å². The third kappa shape index (κ3) is 2.22. The summed E-state index contributed by atoms with van der Waals surface area (Å²) in [6.07, 6.45) is 4.51. The van der Waals surface area contributed by atoms with Crippen LogP contribution in [-0.4, -0.2) is 28.2 Å². The molecular weight excluding hydrogens is 254 g/mol. The SMILES string of the molecule is CC1CCCC(N2CC(Br)CC2=O)C1C. The third-order valence-electron chi connectivity index (χ3n) is 4.18. The fourth-order valence-corrected chi connectivity index (χ4v) is 3.59. The molecule has 2 nitrogen and oxygen atoms in total. The highest BCUT2D eigenvalue weighted by Gasteiger charge is 2.38. The Bertz CT molecular complexity index is 256. The monoisotopic (exact) mass is 273 g/mol. The maximum Gasteiger partial charge on any atom is 0.224 e. The Morgan fingerprint density at radius 1 is 1.33 bits per heavy atom. The molecule has 0 aromatic carbocycles. The van der Waals surface area contributed by atoms with Crippen molar-refractivity contribution in [2.24, 2.45) is 11.8 Å². The molecule has 4 atom stereocenters. The summed E-state index contributed by atoms with van der Waals surface area (Å²) in [6, 6.07) is 0.504. The van der Waals surface area contributed by atoms with Gasteiger partial charge in [0.1, 0.15) is 0 Å². The van der Waals surface area contributed by atoms with Crippen molar-refractivity contribution in [1.29, 1.82) is 0 Å². The Labute approximate surface area is 101 Å². The normalized spacial score (nSPS) is 42.3. The van der Waals surface area contributed by atoms with Gasteiger partial charge < -0.3 is 4.90 Å². The first kappa shape index (κ1) is 11.4. The minimum absolute atomic E-state index is 0.350. The van der Waals surface area contributed by atoms with Crippen LogP contribution in [0.3, 0.4) is 0 Å². The molecule has 1 aliphatic carbocycles. The molecule has 1 heterocycles. The topological polar surface area (TPSA) is 20.3 Å². The zero-order valence-electron chi connectivity index (χ0n) is 9.58. The lowest BCUT2D eigenvalue weighted by Gasteiger charge is -2.39. The van der Waals surface area contributed by atoms with Crippen LogP contribution in [0.5, 0.6) is 0 Å². The van der Waals surface area contributed by atoms with Crippen molar-refractivity contribution in [1.82, 2.24) is 4.90 Å². The van der Waals surface area contributed by atoms with Gasteiger partial charge in [-0.1, -0.05) is 42.6 Å². The molecule has 0 radical (unpaired) electrons. The number of alkyl halides is 1. The average molecular weight is 274 g/mol. The maximum atomic E-state index is 11.8. The summed E-state index contributed by atoms with van der Waals surface area (Å²) in [5, 5.41) is 0. The largest absolute Gasteiger partial charge is 0.338 e. The van der Waals surface area contributed by atoms with Gasteiger partial charge in [-0.05, 0) is 18.3 Å². The molecule has 3 heteroatoms. The van der Waals surface area contributed by atoms with Crippen LogP contribution in [0.15, 0.2) is 0 Å². The minimum Gasteiger partial charge on any atom is -0.338 e. The van der Waals surface area contributed by atoms with Gasteiger partial charge in [0.15, 0.2) is 0 Å². The highest BCUT2D eigenvalue weighted by molar-refractivity contribution is 9.09. The molecule has 2 fully saturated rings. The van der Waals surface area contributed by atoms with Gasteiger partial charge in [-0.15, -0.1) is 0 Å². The lowest BCUT2D eigenvalue weighted by Crippen LogP contribution is -2.44. The van der Waals surface area contributed by atoms with Crippen molar-refractivity contribution in [3.05, 3.63) is 0 Å². The second-order valence-corrected chi connectivity index (χ2v) is 6.48. The molecule has 0 aromatic heterocycles. The van der Waals surface area contributed by atoms with Gasteiger partial charge in [-0.25, -0.2) is 0 Å². The van der Waals surface area contributed by atoms with Gasteiger partial charge in [-0.2, -0.15) is 0 Å². The van der Waals surface area contributed by atoms with Crippen molar-refractivity contribution < 1.29 is 4.79 Å². The summed E-state index contributed by atoms with van der Waals surface area (Å²) < 4.78 is 0. The molecule has 0 N–H and O–H groups in total. The van der Waals surface area contributed by atoms with E-state index in [1.54, 1.807) is 0 Å². The van der Waals surface area contributed by atoms with Crippen LogP contribution in [0.4, 0.5) is 0 Å². The number of rotatable bonds is 1.